The van der Waals surface area contributed by atoms with Crippen molar-refractivity contribution in [2.75, 3.05) is 26.2 Å². The SMILES string of the molecule is CCN(CC)CC1CN(Cc2cc(C)nn2C)Cc2ccnn2C1.O=C(O)C(F)(F)F.O=C(O)C(F)(F)F. The van der Waals surface area contributed by atoms with Crippen molar-refractivity contribution in [3.8, 4) is 0 Å². The zero-order chi connectivity index (χ0) is 29.3. The molecule has 2 aromatic heterocycles. The summed E-state index contributed by atoms with van der Waals surface area (Å²) in [5, 5.41) is 23.3. The fourth-order valence-electron chi connectivity index (χ4n) is 3.74. The predicted octanol–water partition coefficient (Wildman–Crippen LogP) is 3.17. The van der Waals surface area contributed by atoms with Gasteiger partial charge in [-0.3, -0.25) is 14.3 Å². The van der Waals surface area contributed by atoms with Crippen molar-refractivity contribution in [1.29, 1.82) is 0 Å². The molecule has 0 amide bonds. The van der Waals surface area contributed by atoms with E-state index in [-0.39, 0.29) is 0 Å². The van der Waals surface area contributed by atoms with Gasteiger partial charge in [0.1, 0.15) is 0 Å². The van der Waals surface area contributed by atoms with Crippen LogP contribution in [-0.2, 0) is 36.3 Å². The molecule has 0 spiro atoms. The lowest BCUT2D eigenvalue weighted by molar-refractivity contribution is -0.193. The van der Waals surface area contributed by atoms with Gasteiger partial charge in [-0.25, -0.2) is 9.59 Å². The molecule has 0 saturated heterocycles. The van der Waals surface area contributed by atoms with Gasteiger partial charge >= 0.3 is 24.3 Å². The van der Waals surface area contributed by atoms with Crippen LogP contribution in [0.4, 0.5) is 26.3 Å². The third-order valence-corrected chi connectivity index (χ3v) is 5.52. The van der Waals surface area contributed by atoms with E-state index in [4.69, 9.17) is 19.8 Å². The highest BCUT2D eigenvalue weighted by atomic mass is 19.4. The molecular formula is C22H32F6N6O4. The Morgan fingerprint density at radius 3 is 2.00 bits per heavy atom. The van der Waals surface area contributed by atoms with Crippen LogP contribution >= 0.6 is 0 Å². The number of rotatable bonds is 6. The second-order valence-corrected chi connectivity index (χ2v) is 8.53. The summed E-state index contributed by atoms with van der Waals surface area (Å²) in [5.74, 6) is -4.92. The highest BCUT2D eigenvalue weighted by Gasteiger charge is 2.38. The number of carbonyl (C=O) groups is 2. The summed E-state index contributed by atoms with van der Waals surface area (Å²) in [7, 11) is 2.04. The van der Waals surface area contributed by atoms with Gasteiger partial charge < -0.3 is 15.1 Å². The van der Waals surface area contributed by atoms with Crippen LogP contribution in [0.3, 0.4) is 0 Å². The molecule has 1 atom stereocenters. The van der Waals surface area contributed by atoms with Crippen LogP contribution < -0.4 is 0 Å². The number of hydrogen-bond donors (Lipinski definition) is 2. The molecule has 0 aromatic carbocycles. The number of nitrogens with zero attached hydrogens (tertiary/aromatic N) is 6. The summed E-state index contributed by atoms with van der Waals surface area (Å²) in [4.78, 5) is 22.9. The third kappa shape index (κ3) is 11.1. The van der Waals surface area contributed by atoms with Gasteiger partial charge in [-0.05, 0) is 32.1 Å². The third-order valence-electron chi connectivity index (χ3n) is 5.52. The van der Waals surface area contributed by atoms with Gasteiger partial charge in [0.05, 0.1) is 17.1 Å². The number of alkyl halides is 6. The van der Waals surface area contributed by atoms with Crippen LogP contribution in [0.1, 0.15) is 30.9 Å². The van der Waals surface area contributed by atoms with Gasteiger partial charge in [0.15, 0.2) is 0 Å². The van der Waals surface area contributed by atoms with Crippen LogP contribution in [0.25, 0.3) is 0 Å². The summed E-state index contributed by atoms with van der Waals surface area (Å²) in [6.07, 6.45) is -8.23. The molecule has 0 aliphatic carbocycles. The van der Waals surface area contributed by atoms with Gasteiger partial charge in [0, 0.05) is 51.9 Å². The average molecular weight is 559 g/mol. The topological polar surface area (TPSA) is 117 Å². The average Bonchev–Trinajstić information content (AvgIpc) is 3.31. The van der Waals surface area contributed by atoms with E-state index >= 15 is 0 Å². The Kier molecular flexibility index (Phi) is 12.2. The van der Waals surface area contributed by atoms with Crippen molar-refractivity contribution in [3.05, 3.63) is 35.4 Å². The van der Waals surface area contributed by atoms with Crippen molar-refractivity contribution < 1.29 is 46.1 Å². The zero-order valence-corrected chi connectivity index (χ0v) is 21.4. The van der Waals surface area contributed by atoms with E-state index in [0.717, 1.165) is 51.5 Å². The van der Waals surface area contributed by atoms with Crippen LogP contribution in [-0.4, -0.2) is 90.0 Å². The molecular weight excluding hydrogens is 526 g/mol. The molecule has 38 heavy (non-hydrogen) atoms. The lowest BCUT2D eigenvalue weighted by atomic mass is 10.1. The first-order valence-electron chi connectivity index (χ1n) is 11.5. The maximum absolute atomic E-state index is 10.6. The van der Waals surface area contributed by atoms with E-state index in [1.165, 1.54) is 11.4 Å². The molecule has 10 nitrogen and oxygen atoms in total. The number of fused-ring (bicyclic) bond motifs is 1. The lowest BCUT2D eigenvalue weighted by Crippen LogP contribution is -2.36. The molecule has 2 N–H and O–H groups in total. The Hall–Kier alpha value is -3.14. The fourth-order valence-corrected chi connectivity index (χ4v) is 3.74. The van der Waals surface area contributed by atoms with E-state index < -0.39 is 24.3 Å². The van der Waals surface area contributed by atoms with Crippen molar-refractivity contribution >= 4 is 11.9 Å². The van der Waals surface area contributed by atoms with E-state index in [2.05, 4.69) is 57.6 Å². The first-order chi connectivity index (χ1) is 17.5. The Morgan fingerprint density at radius 2 is 1.58 bits per heavy atom. The summed E-state index contributed by atoms with van der Waals surface area (Å²) in [6, 6.07) is 4.35. The molecule has 3 rings (SSSR count). The molecule has 0 bridgehead atoms. The largest absolute Gasteiger partial charge is 0.490 e. The number of aryl methyl sites for hydroxylation is 2. The van der Waals surface area contributed by atoms with Gasteiger partial charge in [-0.2, -0.15) is 36.5 Å². The summed E-state index contributed by atoms with van der Waals surface area (Å²) >= 11 is 0. The van der Waals surface area contributed by atoms with E-state index in [0.29, 0.717) is 5.92 Å². The minimum atomic E-state index is -5.08. The predicted molar refractivity (Wildman–Crippen MR) is 123 cm³/mol. The smallest absolute Gasteiger partial charge is 0.475 e. The molecule has 1 aliphatic rings. The van der Waals surface area contributed by atoms with E-state index in [1.54, 1.807) is 0 Å². The van der Waals surface area contributed by atoms with Gasteiger partial charge in [-0.1, -0.05) is 13.8 Å². The normalized spacial score (nSPS) is 16.0. The maximum Gasteiger partial charge on any atom is 0.490 e. The number of carboxylic acid groups (broad SMARTS) is 2. The number of hydrogen-bond acceptors (Lipinski definition) is 6. The molecule has 0 fully saturated rings. The summed E-state index contributed by atoms with van der Waals surface area (Å²) in [5.41, 5.74) is 3.69. The number of aromatic nitrogens is 4. The highest BCUT2D eigenvalue weighted by Crippen LogP contribution is 2.19. The minimum absolute atomic E-state index is 0.598. The van der Waals surface area contributed by atoms with Crippen molar-refractivity contribution in [2.24, 2.45) is 13.0 Å². The van der Waals surface area contributed by atoms with Crippen LogP contribution in [0.5, 0.6) is 0 Å². The molecule has 216 valence electrons. The number of aliphatic carboxylic acids is 2. The molecule has 1 unspecified atom stereocenters. The lowest BCUT2D eigenvalue weighted by Gasteiger charge is -2.28. The second-order valence-electron chi connectivity index (χ2n) is 8.53. The minimum Gasteiger partial charge on any atom is -0.475 e. The van der Waals surface area contributed by atoms with Gasteiger partial charge in [0.25, 0.3) is 0 Å². The Balaban J connectivity index is 0.000000426. The zero-order valence-electron chi connectivity index (χ0n) is 21.4. The fraction of sp³-hybridized carbons (Fsp3) is 0.636. The first-order valence-corrected chi connectivity index (χ1v) is 11.5. The van der Waals surface area contributed by atoms with E-state index in [9.17, 15) is 26.3 Å². The van der Waals surface area contributed by atoms with E-state index in [1.807, 2.05) is 17.9 Å². The standard InChI is InChI=1S/C18H30N6.2C2HF3O2/c1-5-22(6-2)10-16-11-23(13-17-7-8-19-24(17)12-16)14-18-9-15(3)20-21(18)4;2*3-2(4,5)1(6)7/h7-9,16H,5-6,10-14H2,1-4H3;2*(H,6,7). The van der Waals surface area contributed by atoms with Crippen LogP contribution in [0, 0.1) is 12.8 Å². The van der Waals surface area contributed by atoms with Crippen molar-refractivity contribution in [1.82, 2.24) is 29.4 Å². The Bertz CT molecular complexity index is 1010. The maximum atomic E-state index is 10.6. The molecule has 1 aliphatic heterocycles. The second kappa shape index (κ2) is 14.1. The van der Waals surface area contributed by atoms with Gasteiger partial charge in [0.2, 0.25) is 0 Å². The molecule has 3 heterocycles. The summed E-state index contributed by atoms with van der Waals surface area (Å²) < 4.78 is 67.7. The van der Waals surface area contributed by atoms with Crippen LogP contribution in [0.15, 0.2) is 18.3 Å². The Labute approximate surface area is 215 Å². The monoisotopic (exact) mass is 558 g/mol. The molecule has 16 heteroatoms. The number of carboxylic acids is 2. The molecule has 2 aromatic rings. The van der Waals surface area contributed by atoms with Crippen molar-refractivity contribution in [2.45, 2.75) is 52.8 Å². The number of halogens is 6. The van der Waals surface area contributed by atoms with Crippen LogP contribution in [0.2, 0.25) is 0 Å². The molecule has 0 radical (unpaired) electrons. The summed E-state index contributed by atoms with van der Waals surface area (Å²) in [6.45, 7) is 13.9. The quantitative estimate of drug-likeness (QED) is 0.520. The molecule has 0 saturated carbocycles. The van der Waals surface area contributed by atoms with Gasteiger partial charge in [-0.15, -0.1) is 0 Å². The highest BCUT2D eigenvalue weighted by molar-refractivity contribution is 5.73. The Morgan fingerprint density at radius 1 is 1.05 bits per heavy atom. The first kappa shape index (κ1) is 32.9. The van der Waals surface area contributed by atoms with Crippen molar-refractivity contribution in [3.63, 3.8) is 0 Å².